The summed E-state index contributed by atoms with van der Waals surface area (Å²) in [7, 11) is 0. The average molecular weight is 856 g/mol. The summed E-state index contributed by atoms with van der Waals surface area (Å²) >= 11 is 0. The fourth-order valence-electron chi connectivity index (χ4n) is 13.0. The lowest BCUT2D eigenvalue weighted by Gasteiger charge is -2.47. The fourth-order valence-corrected chi connectivity index (χ4v) is 13.0. The lowest BCUT2D eigenvalue weighted by Crippen LogP contribution is -2.61. The van der Waals surface area contributed by atoms with Gasteiger partial charge in [-0.15, -0.1) is 0 Å². The van der Waals surface area contributed by atoms with Crippen LogP contribution in [0.15, 0.2) is 158 Å². The summed E-state index contributed by atoms with van der Waals surface area (Å²) in [5, 5.41) is 5.32. The molecule has 0 atom stereocenters. The van der Waals surface area contributed by atoms with Gasteiger partial charge in [0.05, 0.1) is 11.0 Å². The number of para-hydroxylation sites is 3. The summed E-state index contributed by atoms with van der Waals surface area (Å²) in [5.41, 5.74) is 21.5. The molecule has 2 aliphatic carbocycles. The minimum absolute atomic E-state index is 0.0400. The van der Waals surface area contributed by atoms with Gasteiger partial charge in [-0.05, 0) is 158 Å². The van der Waals surface area contributed by atoms with Crippen LogP contribution in [0.2, 0.25) is 0 Å². The first-order valence-electron chi connectivity index (χ1n) is 24.4. The first-order chi connectivity index (χ1) is 31.7. The Balaban J connectivity index is 1.21. The summed E-state index contributed by atoms with van der Waals surface area (Å²) in [5.74, 6) is 0. The number of anilines is 5. The topological polar surface area (TPSA) is 11.4 Å². The molecule has 324 valence electrons. The molecule has 0 unspecified atom stereocenters. The Morgan fingerprint density at radius 1 is 0.455 bits per heavy atom. The molecule has 66 heavy (non-hydrogen) atoms. The molecule has 1 aromatic heterocycles. The van der Waals surface area contributed by atoms with E-state index in [4.69, 9.17) is 0 Å². The number of hydrogen-bond donors (Lipinski definition) is 0. The largest absolute Gasteiger partial charge is 0.376 e. The zero-order valence-electron chi connectivity index (χ0n) is 39.8. The second kappa shape index (κ2) is 13.5. The zero-order chi connectivity index (χ0) is 45.1. The summed E-state index contributed by atoms with van der Waals surface area (Å²) in [6.45, 7) is 19.7. The molecule has 8 aromatic carbocycles. The van der Waals surface area contributed by atoms with Crippen molar-refractivity contribution in [2.75, 3.05) is 9.71 Å². The third kappa shape index (κ3) is 5.45. The molecule has 0 N–H and O–H groups in total. The van der Waals surface area contributed by atoms with E-state index in [2.05, 4.69) is 227 Å². The predicted octanol–water partition coefficient (Wildman–Crippen LogP) is 15.3. The van der Waals surface area contributed by atoms with Crippen molar-refractivity contribution < 1.29 is 0 Å². The van der Waals surface area contributed by atoms with Crippen molar-refractivity contribution in [2.45, 2.75) is 103 Å². The number of aromatic nitrogens is 1. The average Bonchev–Trinajstić information content (AvgIpc) is 3.68. The van der Waals surface area contributed by atoms with Gasteiger partial charge < -0.3 is 14.3 Å². The van der Waals surface area contributed by atoms with Crippen molar-refractivity contribution in [3.63, 3.8) is 0 Å². The van der Waals surface area contributed by atoms with E-state index in [0.29, 0.717) is 0 Å². The van der Waals surface area contributed by atoms with E-state index in [1.165, 1.54) is 120 Å². The van der Waals surface area contributed by atoms with Gasteiger partial charge in [0.25, 0.3) is 0 Å². The molecule has 2 aliphatic heterocycles. The van der Waals surface area contributed by atoms with Crippen molar-refractivity contribution in [3.05, 3.63) is 180 Å². The number of hydrogen-bond acceptors (Lipinski definition) is 2. The van der Waals surface area contributed by atoms with Gasteiger partial charge in [-0.1, -0.05) is 152 Å². The minimum Gasteiger partial charge on any atom is -0.376 e. The van der Waals surface area contributed by atoms with Gasteiger partial charge in [-0.25, -0.2) is 0 Å². The molecular weight excluding hydrogens is 798 g/mol. The highest BCUT2D eigenvalue weighted by atomic mass is 15.2. The standard InChI is InChI=1S/C62H58BN3/c1-59(2)31-32-60(3,4)48-35-42(28-30-47(48)59)66-53-36-41(64(39-19-11-9-12-20-39)40-21-13-10-14-22-40)27-29-46(53)55-43-23-15-16-24-44(43)56-45-25-17-18-26-52(45)65-54-38-50-49(61(5,6)33-34-62(50,7)8)37-51(54)63(66)57(55)58(56)65/h9-30,35-38H,31-34H2,1-8H3. The second-order valence-corrected chi connectivity index (χ2v) is 22.6. The Kier molecular flexibility index (Phi) is 8.17. The van der Waals surface area contributed by atoms with Crippen LogP contribution >= 0.6 is 0 Å². The molecule has 0 saturated carbocycles. The first-order valence-corrected chi connectivity index (χ1v) is 24.4. The third-order valence-electron chi connectivity index (χ3n) is 16.8. The molecule has 0 amide bonds. The third-order valence-corrected chi connectivity index (χ3v) is 16.8. The van der Waals surface area contributed by atoms with Crippen LogP contribution in [0.5, 0.6) is 0 Å². The van der Waals surface area contributed by atoms with Gasteiger partial charge >= 0.3 is 6.85 Å². The Labute approximate surface area is 390 Å². The maximum absolute atomic E-state index is 2.79. The molecule has 0 fully saturated rings. The van der Waals surface area contributed by atoms with E-state index in [-0.39, 0.29) is 28.5 Å². The fraction of sp³-hybridized carbons (Fsp3) is 0.258. The Morgan fingerprint density at radius 3 is 1.65 bits per heavy atom. The van der Waals surface area contributed by atoms with Crippen LogP contribution in [0, 0.1) is 0 Å². The lowest BCUT2D eigenvalue weighted by atomic mass is 9.43. The van der Waals surface area contributed by atoms with Crippen LogP contribution in [0.1, 0.15) is 103 Å². The van der Waals surface area contributed by atoms with E-state index in [9.17, 15) is 0 Å². The molecular formula is C62H58BN3. The molecule has 9 aromatic rings. The van der Waals surface area contributed by atoms with Crippen molar-refractivity contribution in [3.8, 4) is 16.8 Å². The van der Waals surface area contributed by atoms with Gasteiger partial charge in [-0.3, -0.25) is 0 Å². The lowest BCUT2D eigenvalue weighted by molar-refractivity contribution is 0.332. The van der Waals surface area contributed by atoms with Crippen LogP contribution in [0.25, 0.3) is 49.4 Å². The quantitative estimate of drug-likeness (QED) is 0.163. The van der Waals surface area contributed by atoms with Crippen LogP contribution in [-0.4, -0.2) is 11.4 Å². The van der Waals surface area contributed by atoms with Gasteiger partial charge in [0.15, 0.2) is 0 Å². The number of nitrogens with zero attached hydrogens (tertiary/aromatic N) is 3. The number of benzene rings is 8. The van der Waals surface area contributed by atoms with Crippen LogP contribution in [0.3, 0.4) is 0 Å². The van der Waals surface area contributed by atoms with E-state index in [0.717, 1.165) is 17.1 Å². The van der Waals surface area contributed by atoms with Crippen LogP contribution < -0.4 is 20.6 Å². The maximum atomic E-state index is 2.79. The first kappa shape index (κ1) is 39.8. The molecule has 0 bridgehead atoms. The maximum Gasteiger partial charge on any atom is 0.333 e. The van der Waals surface area contributed by atoms with Crippen molar-refractivity contribution in [2.24, 2.45) is 0 Å². The van der Waals surface area contributed by atoms with Gasteiger partial charge in [0.1, 0.15) is 0 Å². The second-order valence-electron chi connectivity index (χ2n) is 22.6. The smallest absolute Gasteiger partial charge is 0.333 e. The van der Waals surface area contributed by atoms with E-state index in [1.807, 2.05) is 0 Å². The molecule has 0 saturated heterocycles. The normalized spacial score (nSPS) is 17.9. The van der Waals surface area contributed by atoms with Crippen molar-refractivity contribution in [1.82, 2.24) is 4.57 Å². The van der Waals surface area contributed by atoms with Crippen molar-refractivity contribution in [1.29, 1.82) is 0 Å². The Hall–Kier alpha value is -6.52. The Bertz CT molecular complexity index is 3460. The molecule has 4 aliphatic rings. The summed E-state index contributed by atoms with van der Waals surface area (Å²) in [6.07, 6.45) is 4.69. The SMILES string of the molecule is CC1(C)CCC(C)(C)c2cc(N3B4c5cc6c(cc5-n5c7ccccc7c7c8ccccc8c(c4c75)-c4ccc(N(c5ccccc5)c5ccccc5)cc43)C(C)(C)CCC6(C)C)ccc21. The molecule has 3 heterocycles. The molecule has 13 rings (SSSR count). The van der Waals surface area contributed by atoms with Crippen LogP contribution in [-0.2, 0) is 21.7 Å². The van der Waals surface area contributed by atoms with Gasteiger partial charge in [-0.2, -0.15) is 0 Å². The van der Waals surface area contributed by atoms with Gasteiger partial charge in [0.2, 0.25) is 0 Å². The predicted molar refractivity (Wildman–Crippen MR) is 283 cm³/mol. The highest BCUT2D eigenvalue weighted by Crippen LogP contribution is 2.54. The molecule has 0 spiro atoms. The highest BCUT2D eigenvalue weighted by Gasteiger charge is 2.48. The Morgan fingerprint density at radius 2 is 1.00 bits per heavy atom. The minimum atomic E-state index is -0.0903. The summed E-state index contributed by atoms with van der Waals surface area (Å²) in [4.78, 5) is 5.22. The molecule has 4 heteroatoms. The highest BCUT2D eigenvalue weighted by molar-refractivity contribution is 6.94. The van der Waals surface area contributed by atoms with Crippen LogP contribution in [0.4, 0.5) is 28.4 Å². The summed E-state index contributed by atoms with van der Waals surface area (Å²) < 4.78 is 2.68. The van der Waals surface area contributed by atoms with Gasteiger partial charge in [0, 0.05) is 50.5 Å². The number of fused-ring (bicyclic) bond motifs is 13. The molecule has 3 nitrogen and oxygen atoms in total. The summed E-state index contributed by atoms with van der Waals surface area (Å²) in [6, 6.07) is 60.5. The van der Waals surface area contributed by atoms with E-state index >= 15 is 0 Å². The van der Waals surface area contributed by atoms with Crippen molar-refractivity contribution >= 4 is 78.8 Å². The van der Waals surface area contributed by atoms with E-state index in [1.54, 1.807) is 0 Å². The number of rotatable bonds is 4. The molecule has 0 radical (unpaired) electrons. The monoisotopic (exact) mass is 855 g/mol. The zero-order valence-corrected chi connectivity index (χ0v) is 39.8. The van der Waals surface area contributed by atoms with E-state index < -0.39 is 0 Å².